The number of nitrogens with zero attached hydrogens (tertiary/aromatic N) is 1. The second-order valence-corrected chi connectivity index (χ2v) is 4.29. The van der Waals surface area contributed by atoms with Crippen LogP contribution in [-0.2, 0) is 13.1 Å². The van der Waals surface area contributed by atoms with Crippen LogP contribution in [0, 0.1) is 0 Å². The molecular weight excluding hydrogens is 238 g/mol. The highest BCUT2D eigenvalue weighted by Crippen LogP contribution is 2.12. The van der Waals surface area contributed by atoms with Crippen molar-refractivity contribution in [1.82, 2.24) is 15.3 Å². The zero-order chi connectivity index (χ0) is 12.1. The smallest absolute Gasteiger partial charge is 0.304 e. The number of ether oxygens (including phenoxy) is 1. The average Bonchev–Trinajstić information content (AvgIpc) is 2.76. The molecule has 0 atom stereocenters. The number of thiazole rings is 1. The van der Waals surface area contributed by atoms with Gasteiger partial charge >= 0.3 is 4.87 Å². The molecular formula is C11H13N3O2S. The number of H-pyrrole nitrogens is 1. The van der Waals surface area contributed by atoms with E-state index in [0.717, 1.165) is 11.3 Å². The van der Waals surface area contributed by atoms with Gasteiger partial charge in [-0.3, -0.25) is 4.79 Å². The van der Waals surface area contributed by atoms with Gasteiger partial charge in [-0.05, 0) is 6.07 Å². The molecule has 0 saturated heterocycles. The van der Waals surface area contributed by atoms with Gasteiger partial charge in [0, 0.05) is 35.9 Å². The Hall–Kier alpha value is -1.66. The van der Waals surface area contributed by atoms with Gasteiger partial charge in [-0.15, -0.1) is 0 Å². The van der Waals surface area contributed by atoms with Crippen molar-refractivity contribution in [3.8, 4) is 5.88 Å². The van der Waals surface area contributed by atoms with E-state index in [1.807, 2.05) is 17.5 Å². The molecule has 0 aliphatic rings. The van der Waals surface area contributed by atoms with Gasteiger partial charge < -0.3 is 15.0 Å². The van der Waals surface area contributed by atoms with Crippen molar-refractivity contribution in [2.75, 3.05) is 7.11 Å². The Morgan fingerprint density at radius 3 is 3.12 bits per heavy atom. The van der Waals surface area contributed by atoms with E-state index in [9.17, 15) is 4.79 Å². The third-order valence-electron chi connectivity index (χ3n) is 2.25. The van der Waals surface area contributed by atoms with Crippen LogP contribution in [-0.4, -0.2) is 17.1 Å². The summed E-state index contributed by atoms with van der Waals surface area (Å²) in [5, 5.41) is 5.04. The molecule has 90 valence electrons. The lowest BCUT2D eigenvalue weighted by atomic mass is 10.2. The average molecular weight is 251 g/mol. The topological polar surface area (TPSA) is 67.0 Å². The molecule has 2 heterocycles. The van der Waals surface area contributed by atoms with Crippen molar-refractivity contribution >= 4 is 11.3 Å². The van der Waals surface area contributed by atoms with E-state index in [-0.39, 0.29) is 4.87 Å². The largest absolute Gasteiger partial charge is 0.481 e. The molecule has 5 nitrogen and oxygen atoms in total. The molecule has 0 fully saturated rings. The summed E-state index contributed by atoms with van der Waals surface area (Å²) in [4.78, 5) is 17.8. The van der Waals surface area contributed by atoms with E-state index in [1.165, 1.54) is 11.3 Å². The zero-order valence-electron chi connectivity index (χ0n) is 9.40. The molecule has 0 aliphatic carbocycles. The normalized spacial score (nSPS) is 10.4. The lowest BCUT2D eigenvalue weighted by Gasteiger charge is -2.07. The van der Waals surface area contributed by atoms with Crippen LogP contribution in [0.15, 0.2) is 28.5 Å². The van der Waals surface area contributed by atoms with Crippen LogP contribution in [0.1, 0.15) is 11.3 Å². The molecule has 0 radical (unpaired) electrons. The summed E-state index contributed by atoms with van der Waals surface area (Å²) in [6.07, 6.45) is 1.69. The summed E-state index contributed by atoms with van der Waals surface area (Å²) in [6, 6.07) is 3.82. The van der Waals surface area contributed by atoms with Crippen molar-refractivity contribution < 1.29 is 4.74 Å². The Labute approximate surface area is 102 Å². The molecule has 2 rings (SSSR count). The molecule has 2 aromatic heterocycles. The lowest BCUT2D eigenvalue weighted by Crippen LogP contribution is -2.14. The van der Waals surface area contributed by atoms with Crippen molar-refractivity contribution in [3.63, 3.8) is 0 Å². The standard InChI is InChI=1S/C11H13N3O2S/c1-16-10-8(3-2-4-13-10)5-12-6-9-7-17-11(15)14-9/h2-4,7,12H,5-6H2,1H3,(H,14,15). The van der Waals surface area contributed by atoms with Crippen LogP contribution in [0.2, 0.25) is 0 Å². The highest BCUT2D eigenvalue weighted by atomic mass is 32.1. The second-order valence-electron chi connectivity index (χ2n) is 3.45. The maximum absolute atomic E-state index is 10.9. The van der Waals surface area contributed by atoms with Gasteiger partial charge in [0.1, 0.15) is 0 Å². The number of rotatable bonds is 5. The fourth-order valence-corrected chi connectivity index (χ4v) is 2.06. The maximum atomic E-state index is 10.9. The van der Waals surface area contributed by atoms with Gasteiger partial charge in [-0.1, -0.05) is 17.4 Å². The Morgan fingerprint density at radius 2 is 2.41 bits per heavy atom. The molecule has 0 spiro atoms. The molecule has 0 amide bonds. The fraction of sp³-hybridized carbons (Fsp3) is 0.273. The Bertz CT molecular complexity index is 535. The maximum Gasteiger partial charge on any atom is 0.304 e. The minimum atomic E-state index is -0.0271. The van der Waals surface area contributed by atoms with Gasteiger partial charge in [0.15, 0.2) is 0 Å². The lowest BCUT2D eigenvalue weighted by molar-refractivity contribution is 0.390. The summed E-state index contributed by atoms with van der Waals surface area (Å²) >= 11 is 1.17. The minimum absolute atomic E-state index is 0.0271. The predicted molar refractivity (Wildman–Crippen MR) is 66.3 cm³/mol. The monoisotopic (exact) mass is 251 g/mol. The number of pyridine rings is 1. The molecule has 2 aromatic rings. The van der Waals surface area contributed by atoms with Crippen LogP contribution < -0.4 is 14.9 Å². The van der Waals surface area contributed by atoms with Gasteiger partial charge in [0.05, 0.1) is 7.11 Å². The summed E-state index contributed by atoms with van der Waals surface area (Å²) < 4.78 is 5.15. The first-order valence-corrected chi connectivity index (χ1v) is 6.03. The summed E-state index contributed by atoms with van der Waals surface area (Å²) in [7, 11) is 1.60. The summed E-state index contributed by atoms with van der Waals surface area (Å²) in [6.45, 7) is 1.27. The molecule has 17 heavy (non-hydrogen) atoms. The zero-order valence-corrected chi connectivity index (χ0v) is 10.2. The van der Waals surface area contributed by atoms with E-state index in [0.29, 0.717) is 19.0 Å². The minimum Gasteiger partial charge on any atom is -0.481 e. The number of aromatic nitrogens is 2. The highest BCUT2D eigenvalue weighted by molar-refractivity contribution is 7.07. The second kappa shape index (κ2) is 5.60. The Balaban J connectivity index is 1.91. The van der Waals surface area contributed by atoms with Gasteiger partial charge in [-0.25, -0.2) is 4.98 Å². The first-order valence-electron chi connectivity index (χ1n) is 5.15. The first kappa shape index (κ1) is 11.8. The molecule has 0 aliphatic heterocycles. The number of aromatic amines is 1. The van der Waals surface area contributed by atoms with E-state index in [1.54, 1.807) is 13.3 Å². The SMILES string of the molecule is COc1ncccc1CNCc1csc(=O)[nH]1. The van der Waals surface area contributed by atoms with Crippen LogP contribution in [0.25, 0.3) is 0 Å². The van der Waals surface area contributed by atoms with E-state index < -0.39 is 0 Å². The van der Waals surface area contributed by atoms with Crippen LogP contribution in [0.3, 0.4) is 0 Å². The molecule has 0 aromatic carbocycles. The van der Waals surface area contributed by atoms with Crippen molar-refractivity contribution in [2.24, 2.45) is 0 Å². The van der Waals surface area contributed by atoms with Crippen LogP contribution >= 0.6 is 11.3 Å². The molecule has 0 saturated carbocycles. The third-order valence-corrected chi connectivity index (χ3v) is 2.96. The van der Waals surface area contributed by atoms with Crippen molar-refractivity contribution in [2.45, 2.75) is 13.1 Å². The summed E-state index contributed by atoms with van der Waals surface area (Å²) in [5.74, 6) is 0.624. The van der Waals surface area contributed by atoms with E-state index >= 15 is 0 Å². The van der Waals surface area contributed by atoms with E-state index in [2.05, 4.69) is 15.3 Å². The Kier molecular flexibility index (Phi) is 3.89. The molecule has 0 unspecified atom stereocenters. The highest BCUT2D eigenvalue weighted by Gasteiger charge is 2.02. The van der Waals surface area contributed by atoms with Gasteiger partial charge in [0.2, 0.25) is 5.88 Å². The number of methoxy groups -OCH3 is 1. The van der Waals surface area contributed by atoms with Crippen LogP contribution in [0.5, 0.6) is 5.88 Å². The fourth-order valence-electron chi connectivity index (χ4n) is 1.47. The third kappa shape index (κ3) is 3.15. The molecule has 6 heteroatoms. The van der Waals surface area contributed by atoms with Crippen LogP contribution in [0.4, 0.5) is 0 Å². The Morgan fingerprint density at radius 1 is 1.53 bits per heavy atom. The van der Waals surface area contributed by atoms with Crippen molar-refractivity contribution in [3.05, 3.63) is 44.6 Å². The summed E-state index contributed by atoms with van der Waals surface area (Å²) in [5.41, 5.74) is 1.88. The van der Waals surface area contributed by atoms with E-state index in [4.69, 9.17) is 4.74 Å². The predicted octanol–water partition coefficient (Wildman–Crippen LogP) is 1.13. The van der Waals surface area contributed by atoms with Gasteiger partial charge in [0.25, 0.3) is 0 Å². The number of hydrogen-bond acceptors (Lipinski definition) is 5. The molecule has 0 bridgehead atoms. The first-order chi connectivity index (χ1) is 8.29. The number of nitrogens with one attached hydrogen (secondary N) is 2. The number of hydrogen-bond donors (Lipinski definition) is 2. The van der Waals surface area contributed by atoms with Crippen molar-refractivity contribution in [1.29, 1.82) is 0 Å². The van der Waals surface area contributed by atoms with Gasteiger partial charge in [-0.2, -0.15) is 0 Å². The quantitative estimate of drug-likeness (QED) is 0.836. The molecule has 2 N–H and O–H groups in total.